The Morgan fingerprint density at radius 3 is 2.68 bits per heavy atom. The molecule has 2 aromatic rings. The minimum atomic E-state index is -0.678. The van der Waals surface area contributed by atoms with E-state index in [9.17, 15) is 9.90 Å². The zero-order chi connectivity index (χ0) is 16.1. The van der Waals surface area contributed by atoms with Crippen molar-refractivity contribution in [2.75, 3.05) is 11.9 Å². The van der Waals surface area contributed by atoms with Crippen LogP contribution in [-0.2, 0) is 4.79 Å². The van der Waals surface area contributed by atoms with Gasteiger partial charge in [0.15, 0.2) is 6.61 Å². The second kappa shape index (κ2) is 7.49. The van der Waals surface area contributed by atoms with Gasteiger partial charge in [-0.15, -0.1) is 0 Å². The number of halogens is 2. The third-order valence-corrected chi connectivity index (χ3v) is 3.47. The molecule has 1 amide bonds. The van der Waals surface area contributed by atoms with E-state index in [2.05, 4.69) is 5.32 Å². The second-order valence-electron chi connectivity index (χ2n) is 4.67. The Bertz CT molecular complexity index is 674. The van der Waals surface area contributed by atoms with Crippen LogP contribution in [0, 0.1) is 0 Å². The number of rotatable bonds is 5. The van der Waals surface area contributed by atoms with Crippen LogP contribution in [-0.4, -0.2) is 17.6 Å². The SMILES string of the molecule is CC(O)c1ccccc1NC(=O)COc1ccc(Cl)cc1Cl. The number of anilines is 1. The average molecular weight is 340 g/mol. The Morgan fingerprint density at radius 1 is 1.27 bits per heavy atom. The number of ether oxygens (including phenoxy) is 1. The monoisotopic (exact) mass is 339 g/mol. The lowest BCUT2D eigenvalue weighted by atomic mass is 10.1. The molecule has 2 N–H and O–H groups in total. The smallest absolute Gasteiger partial charge is 0.262 e. The van der Waals surface area contributed by atoms with Crippen molar-refractivity contribution in [3.8, 4) is 5.75 Å². The number of benzene rings is 2. The summed E-state index contributed by atoms with van der Waals surface area (Å²) < 4.78 is 5.36. The number of aliphatic hydroxyl groups excluding tert-OH is 1. The summed E-state index contributed by atoms with van der Waals surface area (Å²) in [6, 6.07) is 11.8. The van der Waals surface area contributed by atoms with Crippen LogP contribution in [0.1, 0.15) is 18.6 Å². The van der Waals surface area contributed by atoms with Gasteiger partial charge < -0.3 is 15.2 Å². The summed E-state index contributed by atoms with van der Waals surface area (Å²) >= 11 is 11.8. The number of carbonyl (C=O) groups excluding carboxylic acids is 1. The molecule has 116 valence electrons. The molecule has 22 heavy (non-hydrogen) atoms. The van der Waals surface area contributed by atoms with Crippen LogP contribution in [0.3, 0.4) is 0 Å². The lowest BCUT2D eigenvalue weighted by Gasteiger charge is -2.13. The van der Waals surface area contributed by atoms with Gasteiger partial charge in [0.25, 0.3) is 5.91 Å². The van der Waals surface area contributed by atoms with Crippen LogP contribution < -0.4 is 10.1 Å². The molecule has 1 atom stereocenters. The van der Waals surface area contributed by atoms with Crippen molar-refractivity contribution in [2.45, 2.75) is 13.0 Å². The van der Waals surface area contributed by atoms with Gasteiger partial charge in [0.05, 0.1) is 11.1 Å². The van der Waals surface area contributed by atoms with Crippen molar-refractivity contribution < 1.29 is 14.6 Å². The quantitative estimate of drug-likeness (QED) is 0.863. The number of hydrogen-bond acceptors (Lipinski definition) is 3. The molecule has 0 aliphatic heterocycles. The van der Waals surface area contributed by atoms with E-state index in [1.54, 1.807) is 49.4 Å². The Labute approximate surface area is 138 Å². The van der Waals surface area contributed by atoms with E-state index in [0.29, 0.717) is 27.0 Å². The summed E-state index contributed by atoms with van der Waals surface area (Å²) in [7, 11) is 0. The van der Waals surface area contributed by atoms with Crippen molar-refractivity contribution >= 4 is 34.8 Å². The van der Waals surface area contributed by atoms with Crippen LogP contribution in [0.25, 0.3) is 0 Å². The molecule has 0 heterocycles. The van der Waals surface area contributed by atoms with Crippen LogP contribution >= 0.6 is 23.2 Å². The Kier molecular flexibility index (Phi) is 5.66. The summed E-state index contributed by atoms with van der Waals surface area (Å²) in [5, 5.41) is 13.2. The zero-order valence-corrected chi connectivity index (χ0v) is 13.4. The van der Waals surface area contributed by atoms with Crippen molar-refractivity contribution in [3.63, 3.8) is 0 Å². The predicted octanol–water partition coefficient (Wildman–Crippen LogP) is 4.06. The highest BCUT2D eigenvalue weighted by Gasteiger charge is 2.11. The molecule has 0 spiro atoms. The van der Waals surface area contributed by atoms with Crippen LogP contribution in [0.15, 0.2) is 42.5 Å². The van der Waals surface area contributed by atoms with Gasteiger partial charge in [0.1, 0.15) is 5.75 Å². The van der Waals surface area contributed by atoms with Crippen molar-refractivity contribution in [1.29, 1.82) is 0 Å². The molecule has 2 aromatic carbocycles. The lowest BCUT2D eigenvalue weighted by Crippen LogP contribution is -2.21. The number of carbonyl (C=O) groups is 1. The normalized spacial score (nSPS) is 11.8. The minimum absolute atomic E-state index is 0.199. The van der Waals surface area contributed by atoms with Gasteiger partial charge >= 0.3 is 0 Å². The van der Waals surface area contributed by atoms with Gasteiger partial charge in [-0.2, -0.15) is 0 Å². The Morgan fingerprint density at radius 2 is 2.00 bits per heavy atom. The first-order chi connectivity index (χ1) is 10.5. The van der Waals surface area contributed by atoms with E-state index in [4.69, 9.17) is 27.9 Å². The molecule has 0 fully saturated rings. The zero-order valence-electron chi connectivity index (χ0n) is 11.8. The average Bonchev–Trinajstić information content (AvgIpc) is 2.46. The fourth-order valence-electron chi connectivity index (χ4n) is 1.90. The third-order valence-electron chi connectivity index (χ3n) is 2.94. The van der Waals surface area contributed by atoms with Crippen molar-refractivity contribution in [1.82, 2.24) is 0 Å². The first-order valence-corrected chi connectivity index (χ1v) is 7.37. The Balaban J connectivity index is 1.99. The van der Waals surface area contributed by atoms with E-state index >= 15 is 0 Å². The first-order valence-electron chi connectivity index (χ1n) is 6.62. The Hall–Kier alpha value is -1.75. The highest BCUT2D eigenvalue weighted by molar-refractivity contribution is 6.35. The fourth-order valence-corrected chi connectivity index (χ4v) is 2.36. The van der Waals surface area contributed by atoms with Gasteiger partial charge in [-0.1, -0.05) is 41.4 Å². The molecule has 0 radical (unpaired) electrons. The molecule has 0 aliphatic carbocycles. The van der Waals surface area contributed by atoms with E-state index in [0.717, 1.165) is 0 Å². The topological polar surface area (TPSA) is 58.6 Å². The van der Waals surface area contributed by atoms with Gasteiger partial charge in [-0.05, 0) is 31.2 Å². The largest absolute Gasteiger partial charge is 0.482 e. The number of nitrogens with one attached hydrogen (secondary N) is 1. The fraction of sp³-hybridized carbons (Fsp3) is 0.188. The molecule has 0 saturated heterocycles. The number of hydrogen-bond donors (Lipinski definition) is 2. The van der Waals surface area contributed by atoms with Crippen LogP contribution in [0.2, 0.25) is 10.0 Å². The molecular formula is C16H15Cl2NO3. The van der Waals surface area contributed by atoms with Crippen molar-refractivity contribution in [2.24, 2.45) is 0 Å². The lowest BCUT2D eigenvalue weighted by molar-refractivity contribution is -0.118. The summed E-state index contributed by atoms with van der Waals surface area (Å²) in [6.45, 7) is 1.43. The molecule has 0 aliphatic rings. The summed E-state index contributed by atoms with van der Waals surface area (Å²) in [4.78, 5) is 12.0. The second-order valence-corrected chi connectivity index (χ2v) is 5.52. The molecule has 4 nitrogen and oxygen atoms in total. The minimum Gasteiger partial charge on any atom is -0.482 e. The van der Waals surface area contributed by atoms with Crippen LogP contribution in [0.5, 0.6) is 5.75 Å². The van der Waals surface area contributed by atoms with E-state index < -0.39 is 6.10 Å². The standard InChI is InChI=1S/C16H15Cl2NO3/c1-10(20)12-4-2-3-5-14(12)19-16(21)9-22-15-7-6-11(17)8-13(15)18/h2-8,10,20H,9H2,1H3,(H,19,21). The summed E-state index contributed by atoms with van der Waals surface area (Å²) in [6.07, 6.45) is -0.678. The highest BCUT2D eigenvalue weighted by atomic mass is 35.5. The van der Waals surface area contributed by atoms with Gasteiger partial charge in [-0.3, -0.25) is 4.79 Å². The molecule has 0 aromatic heterocycles. The summed E-state index contributed by atoms with van der Waals surface area (Å²) in [5.41, 5.74) is 1.19. The van der Waals surface area contributed by atoms with E-state index in [-0.39, 0.29) is 12.5 Å². The number of amides is 1. The van der Waals surface area contributed by atoms with Gasteiger partial charge in [0.2, 0.25) is 0 Å². The number of aliphatic hydroxyl groups is 1. The molecule has 0 bridgehead atoms. The predicted molar refractivity (Wildman–Crippen MR) is 87.7 cm³/mol. The molecule has 6 heteroatoms. The maximum atomic E-state index is 12.0. The van der Waals surface area contributed by atoms with Crippen LogP contribution in [0.4, 0.5) is 5.69 Å². The van der Waals surface area contributed by atoms with E-state index in [1.165, 1.54) is 0 Å². The van der Waals surface area contributed by atoms with Gasteiger partial charge in [0, 0.05) is 16.3 Å². The molecule has 1 unspecified atom stereocenters. The molecule has 0 saturated carbocycles. The number of para-hydroxylation sites is 1. The van der Waals surface area contributed by atoms with Gasteiger partial charge in [-0.25, -0.2) is 0 Å². The maximum absolute atomic E-state index is 12.0. The highest BCUT2D eigenvalue weighted by Crippen LogP contribution is 2.27. The molecular weight excluding hydrogens is 325 g/mol. The molecule has 2 rings (SSSR count). The van der Waals surface area contributed by atoms with E-state index in [1.807, 2.05) is 0 Å². The summed E-state index contributed by atoms with van der Waals surface area (Å²) in [5.74, 6) is 0.0316. The van der Waals surface area contributed by atoms with Crippen molar-refractivity contribution in [3.05, 3.63) is 58.1 Å². The third kappa shape index (κ3) is 4.37. The maximum Gasteiger partial charge on any atom is 0.262 e. The first kappa shape index (κ1) is 16.6.